The lowest BCUT2D eigenvalue weighted by molar-refractivity contribution is -0.118. The van der Waals surface area contributed by atoms with Gasteiger partial charge in [0.05, 0.1) is 14.2 Å². The van der Waals surface area contributed by atoms with Gasteiger partial charge in [0.25, 0.3) is 0 Å². The fraction of sp³-hybridized carbons (Fsp3) is 0.304. The van der Waals surface area contributed by atoms with Crippen molar-refractivity contribution in [3.63, 3.8) is 0 Å². The number of hydrogen-bond donors (Lipinski definition) is 0. The number of methoxy groups -OCH3 is 2. The van der Waals surface area contributed by atoms with Gasteiger partial charge >= 0.3 is 0 Å². The van der Waals surface area contributed by atoms with E-state index in [0.29, 0.717) is 11.5 Å². The van der Waals surface area contributed by atoms with Crippen molar-refractivity contribution >= 4 is 45.8 Å². The van der Waals surface area contributed by atoms with Gasteiger partial charge in [0.15, 0.2) is 17.3 Å². The maximum atomic E-state index is 13.8. The van der Waals surface area contributed by atoms with Crippen molar-refractivity contribution in [2.75, 3.05) is 14.2 Å². The SMILES string of the molecule is COc1cc(OC)c2c(c1Cl)O[C@]1(C2=O)C(OCc2ccccc2[125I])=CC(=O)C[C@H]1C. The first-order valence-corrected chi connectivity index (χ1v) is 11.1. The quantitative estimate of drug-likeness (QED) is 0.487. The van der Waals surface area contributed by atoms with Crippen LogP contribution >= 0.6 is 34.2 Å². The summed E-state index contributed by atoms with van der Waals surface area (Å²) in [6, 6.07) is 9.28. The average molecular weight is 553 g/mol. The Balaban J connectivity index is 1.80. The van der Waals surface area contributed by atoms with E-state index in [1.54, 1.807) is 13.0 Å². The van der Waals surface area contributed by atoms with Crippen LogP contribution < -0.4 is 14.2 Å². The molecule has 0 amide bonds. The van der Waals surface area contributed by atoms with E-state index in [0.717, 1.165) is 9.13 Å². The Bertz CT molecular complexity index is 1110. The highest BCUT2D eigenvalue weighted by Gasteiger charge is 2.60. The molecule has 1 aliphatic carbocycles. The first-order valence-electron chi connectivity index (χ1n) is 9.63. The molecule has 0 N–H and O–H groups in total. The Morgan fingerprint density at radius 1 is 1.19 bits per heavy atom. The zero-order chi connectivity index (χ0) is 22.3. The van der Waals surface area contributed by atoms with Crippen molar-refractivity contribution in [1.29, 1.82) is 0 Å². The summed E-state index contributed by atoms with van der Waals surface area (Å²) >= 11 is 8.70. The van der Waals surface area contributed by atoms with E-state index < -0.39 is 11.5 Å². The summed E-state index contributed by atoms with van der Waals surface area (Å²) in [4.78, 5) is 26.1. The van der Waals surface area contributed by atoms with Crippen LogP contribution in [0, 0.1) is 9.49 Å². The Labute approximate surface area is 198 Å². The lowest BCUT2D eigenvalue weighted by Gasteiger charge is -2.37. The van der Waals surface area contributed by atoms with Crippen molar-refractivity contribution in [2.24, 2.45) is 5.92 Å². The minimum Gasteiger partial charge on any atom is -0.496 e. The average Bonchev–Trinajstić information content (AvgIpc) is 3.06. The third kappa shape index (κ3) is 3.47. The number of ketones is 2. The fourth-order valence-electron chi connectivity index (χ4n) is 4.01. The van der Waals surface area contributed by atoms with Crippen molar-refractivity contribution in [1.82, 2.24) is 0 Å². The number of rotatable bonds is 5. The topological polar surface area (TPSA) is 71.1 Å². The summed E-state index contributed by atoms with van der Waals surface area (Å²) in [5, 5.41) is 0.171. The molecule has 1 spiro atoms. The van der Waals surface area contributed by atoms with Crippen LogP contribution in [-0.2, 0) is 16.1 Å². The number of fused-ring (bicyclic) bond motifs is 1. The molecule has 0 bridgehead atoms. The molecule has 1 heterocycles. The number of halogens is 2. The molecule has 2 atom stereocenters. The summed E-state index contributed by atoms with van der Waals surface area (Å²) in [5.41, 5.74) is -0.344. The third-order valence-corrected chi connectivity index (χ3v) is 7.03. The van der Waals surface area contributed by atoms with Crippen LogP contribution in [0.5, 0.6) is 17.2 Å². The second-order valence-electron chi connectivity index (χ2n) is 7.43. The van der Waals surface area contributed by atoms with E-state index in [-0.39, 0.29) is 46.7 Å². The summed E-state index contributed by atoms with van der Waals surface area (Å²) in [7, 11) is 2.93. The maximum Gasteiger partial charge on any atom is 0.231 e. The van der Waals surface area contributed by atoms with Crippen molar-refractivity contribution in [2.45, 2.75) is 25.6 Å². The normalized spacial score (nSPS) is 22.1. The Kier molecular flexibility index (Phi) is 5.91. The molecule has 0 aromatic heterocycles. The first-order chi connectivity index (χ1) is 14.8. The van der Waals surface area contributed by atoms with Gasteiger partial charge < -0.3 is 18.9 Å². The Hall–Kier alpha value is -2.26. The van der Waals surface area contributed by atoms with Gasteiger partial charge in [-0.2, -0.15) is 0 Å². The number of ether oxygens (including phenoxy) is 4. The van der Waals surface area contributed by atoms with Gasteiger partial charge in [-0.05, 0) is 28.7 Å². The molecule has 162 valence electrons. The fourth-order valence-corrected chi connectivity index (χ4v) is 4.82. The molecule has 4 rings (SSSR count). The van der Waals surface area contributed by atoms with Crippen LogP contribution in [0.15, 0.2) is 42.2 Å². The maximum absolute atomic E-state index is 13.8. The number of carbonyl (C=O) groups excluding carboxylic acids is 2. The minimum atomic E-state index is -1.50. The minimum absolute atomic E-state index is 0.126. The molecule has 31 heavy (non-hydrogen) atoms. The van der Waals surface area contributed by atoms with E-state index in [1.165, 1.54) is 20.3 Å². The van der Waals surface area contributed by atoms with Crippen molar-refractivity contribution in [3.8, 4) is 17.2 Å². The third-order valence-electron chi connectivity index (χ3n) is 5.62. The molecule has 1 aliphatic heterocycles. The Morgan fingerprint density at radius 3 is 2.58 bits per heavy atom. The van der Waals surface area contributed by atoms with E-state index in [1.807, 2.05) is 24.3 Å². The lowest BCUT2D eigenvalue weighted by atomic mass is 9.75. The van der Waals surface area contributed by atoms with E-state index in [4.69, 9.17) is 30.5 Å². The van der Waals surface area contributed by atoms with Crippen LogP contribution in [-0.4, -0.2) is 31.4 Å². The predicted molar refractivity (Wildman–Crippen MR) is 123 cm³/mol. The molecular formula is C23H20ClIO6. The predicted octanol–water partition coefficient (Wildman–Crippen LogP) is 4.99. The first kappa shape index (κ1) is 22.0. The zero-order valence-electron chi connectivity index (χ0n) is 17.2. The molecule has 2 aliphatic rings. The standard InChI is InChI=1S/C23H20ClIO6/c1-12-8-14(26)9-18(30-11-13-6-4-5-7-15(13)25)23(12)22(27)19-16(28-2)10-17(29-3)20(24)21(19)31-23/h4-7,9-10,12H,8,11H2,1-3H3/t12-,23+/m1/s1/i25-2. The summed E-state index contributed by atoms with van der Waals surface area (Å²) < 4.78 is 24.1. The second kappa shape index (κ2) is 8.35. The molecule has 0 radical (unpaired) electrons. The van der Waals surface area contributed by atoms with E-state index in [9.17, 15) is 9.59 Å². The van der Waals surface area contributed by atoms with Crippen molar-refractivity contribution in [3.05, 3.63) is 61.9 Å². The number of benzene rings is 2. The van der Waals surface area contributed by atoms with Gasteiger partial charge in [0.2, 0.25) is 11.4 Å². The lowest BCUT2D eigenvalue weighted by Crippen LogP contribution is -2.51. The molecule has 2 aromatic carbocycles. The zero-order valence-corrected chi connectivity index (χ0v) is 20.1. The molecule has 0 saturated heterocycles. The highest BCUT2D eigenvalue weighted by atomic mass is 125. The second-order valence-corrected chi connectivity index (χ2v) is 8.97. The van der Waals surface area contributed by atoms with Crippen LogP contribution in [0.4, 0.5) is 0 Å². The highest BCUT2D eigenvalue weighted by Crippen LogP contribution is 2.54. The molecule has 6 nitrogen and oxygen atoms in total. The molecule has 8 heteroatoms. The summed E-state index contributed by atoms with van der Waals surface area (Å²) in [6.45, 7) is 1.98. The van der Waals surface area contributed by atoms with Crippen molar-refractivity contribution < 1.29 is 28.5 Å². The molecule has 0 saturated carbocycles. The molecule has 0 fully saturated rings. The summed E-state index contributed by atoms with van der Waals surface area (Å²) in [6.07, 6.45) is 1.50. The Morgan fingerprint density at radius 2 is 1.90 bits per heavy atom. The summed E-state index contributed by atoms with van der Waals surface area (Å²) in [5.74, 6) is 0.0199. The van der Waals surface area contributed by atoms with E-state index in [2.05, 4.69) is 22.6 Å². The van der Waals surface area contributed by atoms with Gasteiger partial charge in [-0.25, -0.2) is 0 Å². The van der Waals surface area contributed by atoms with Gasteiger partial charge in [0.1, 0.15) is 28.7 Å². The largest absolute Gasteiger partial charge is 0.496 e. The molecular weight excluding hydrogens is 533 g/mol. The molecule has 0 unspecified atom stereocenters. The number of carbonyl (C=O) groups is 2. The van der Waals surface area contributed by atoms with Crippen LogP contribution in [0.3, 0.4) is 0 Å². The van der Waals surface area contributed by atoms with E-state index >= 15 is 0 Å². The van der Waals surface area contributed by atoms with Gasteiger partial charge in [-0.1, -0.05) is 36.7 Å². The smallest absolute Gasteiger partial charge is 0.231 e. The van der Waals surface area contributed by atoms with Gasteiger partial charge in [0, 0.05) is 33.6 Å². The monoisotopic (exact) mass is 552 g/mol. The van der Waals surface area contributed by atoms with Crippen LogP contribution in [0.2, 0.25) is 5.02 Å². The van der Waals surface area contributed by atoms with Crippen LogP contribution in [0.25, 0.3) is 0 Å². The van der Waals surface area contributed by atoms with Crippen LogP contribution in [0.1, 0.15) is 29.3 Å². The van der Waals surface area contributed by atoms with Gasteiger partial charge in [-0.15, -0.1) is 0 Å². The van der Waals surface area contributed by atoms with Gasteiger partial charge in [-0.3, -0.25) is 9.59 Å². The highest BCUT2D eigenvalue weighted by molar-refractivity contribution is 14.1. The number of hydrogen-bond acceptors (Lipinski definition) is 6. The molecule has 2 aromatic rings. The number of Topliss-reactive ketones (excluding diaryl/α,β-unsaturated/α-hetero) is 1. The number of allylic oxidation sites excluding steroid dienone is 1.